The van der Waals surface area contributed by atoms with E-state index in [4.69, 9.17) is 14.2 Å². The van der Waals surface area contributed by atoms with Crippen LogP contribution in [0.4, 0.5) is 4.79 Å². The van der Waals surface area contributed by atoms with Crippen LogP contribution in [0.15, 0.2) is 23.2 Å². The number of methoxy groups -OCH3 is 2. The normalized spacial score (nSPS) is 11.6. The molecule has 1 amide bonds. The minimum Gasteiger partial charge on any atom is -0.497 e. The van der Waals surface area contributed by atoms with Crippen LogP contribution in [-0.4, -0.2) is 58.6 Å². The summed E-state index contributed by atoms with van der Waals surface area (Å²) >= 11 is 0. The van der Waals surface area contributed by atoms with Gasteiger partial charge in [-0.1, -0.05) is 0 Å². The van der Waals surface area contributed by atoms with Gasteiger partial charge in [0.2, 0.25) is 0 Å². The third kappa shape index (κ3) is 9.03. The van der Waals surface area contributed by atoms with Crippen LogP contribution >= 0.6 is 0 Å². The van der Waals surface area contributed by atoms with Crippen molar-refractivity contribution in [2.45, 2.75) is 32.8 Å². The molecule has 0 saturated carbocycles. The van der Waals surface area contributed by atoms with Crippen molar-refractivity contribution >= 4 is 12.1 Å². The maximum atomic E-state index is 11.6. The molecular weight excluding hydrogens is 348 g/mol. The molecule has 3 N–H and O–H groups in total. The summed E-state index contributed by atoms with van der Waals surface area (Å²) in [5.74, 6) is 2.27. The van der Waals surface area contributed by atoms with Crippen LogP contribution in [0.1, 0.15) is 26.3 Å². The molecule has 0 bridgehead atoms. The van der Waals surface area contributed by atoms with Gasteiger partial charge in [-0.3, -0.25) is 4.99 Å². The Morgan fingerprint density at radius 2 is 1.70 bits per heavy atom. The quantitative estimate of drug-likeness (QED) is 0.363. The fourth-order valence-electron chi connectivity index (χ4n) is 2.27. The van der Waals surface area contributed by atoms with E-state index < -0.39 is 11.7 Å². The number of ether oxygens (including phenoxy) is 3. The predicted molar refractivity (Wildman–Crippen MR) is 107 cm³/mol. The Morgan fingerprint density at radius 1 is 1.04 bits per heavy atom. The average Bonchev–Trinajstić information content (AvgIpc) is 2.62. The van der Waals surface area contributed by atoms with Crippen molar-refractivity contribution in [2.75, 3.05) is 40.9 Å². The zero-order valence-corrected chi connectivity index (χ0v) is 17.1. The van der Waals surface area contributed by atoms with Crippen LogP contribution in [0.2, 0.25) is 0 Å². The number of amides is 1. The van der Waals surface area contributed by atoms with Gasteiger partial charge >= 0.3 is 6.09 Å². The number of guanidine groups is 1. The summed E-state index contributed by atoms with van der Waals surface area (Å²) in [6.07, 6.45) is 0.314. The molecule has 0 aliphatic heterocycles. The lowest BCUT2D eigenvalue weighted by Gasteiger charge is -2.20. The van der Waals surface area contributed by atoms with E-state index in [0.717, 1.165) is 23.5 Å². The number of carbonyl (C=O) groups excluding carboxylic acids is 1. The maximum Gasteiger partial charge on any atom is 0.407 e. The number of hydrogen-bond acceptors (Lipinski definition) is 5. The van der Waals surface area contributed by atoms with Gasteiger partial charge < -0.3 is 30.2 Å². The molecule has 0 unspecified atom stereocenters. The van der Waals surface area contributed by atoms with E-state index >= 15 is 0 Å². The lowest BCUT2D eigenvalue weighted by atomic mass is 10.1. The molecule has 27 heavy (non-hydrogen) atoms. The smallest absolute Gasteiger partial charge is 0.407 e. The lowest BCUT2D eigenvalue weighted by molar-refractivity contribution is 0.0529. The van der Waals surface area contributed by atoms with Crippen LogP contribution in [0.5, 0.6) is 11.5 Å². The SMILES string of the molecule is CN=C(NCCNC(=O)OC(C)(C)C)NCCc1cc(OC)ccc1OC. The third-order valence-corrected chi connectivity index (χ3v) is 3.48. The number of nitrogens with zero attached hydrogens (tertiary/aromatic N) is 1. The van der Waals surface area contributed by atoms with Gasteiger partial charge in [-0.05, 0) is 51.0 Å². The number of alkyl carbamates (subject to hydrolysis) is 1. The number of hydrogen-bond donors (Lipinski definition) is 3. The molecule has 0 atom stereocenters. The molecular formula is C19H32N4O4. The zero-order chi connectivity index (χ0) is 20.3. The largest absolute Gasteiger partial charge is 0.497 e. The van der Waals surface area contributed by atoms with E-state index in [1.54, 1.807) is 21.3 Å². The van der Waals surface area contributed by atoms with E-state index in [2.05, 4.69) is 20.9 Å². The number of nitrogens with one attached hydrogen (secondary N) is 3. The van der Waals surface area contributed by atoms with E-state index in [-0.39, 0.29) is 0 Å². The first-order chi connectivity index (χ1) is 12.8. The highest BCUT2D eigenvalue weighted by Gasteiger charge is 2.15. The van der Waals surface area contributed by atoms with Crippen molar-refractivity contribution in [2.24, 2.45) is 4.99 Å². The highest BCUT2D eigenvalue weighted by Crippen LogP contribution is 2.24. The molecule has 0 heterocycles. The van der Waals surface area contributed by atoms with Crippen molar-refractivity contribution in [3.05, 3.63) is 23.8 Å². The summed E-state index contributed by atoms with van der Waals surface area (Å²) in [5.41, 5.74) is 0.544. The molecule has 0 radical (unpaired) electrons. The molecule has 8 nitrogen and oxygen atoms in total. The van der Waals surface area contributed by atoms with Crippen molar-refractivity contribution in [1.82, 2.24) is 16.0 Å². The topological polar surface area (TPSA) is 93.2 Å². The predicted octanol–water partition coefficient (Wildman–Crippen LogP) is 1.94. The van der Waals surface area contributed by atoms with Crippen molar-refractivity contribution in [3.63, 3.8) is 0 Å². The van der Waals surface area contributed by atoms with Crippen LogP contribution in [0.25, 0.3) is 0 Å². The first kappa shape index (κ1) is 22.4. The fraction of sp³-hybridized carbons (Fsp3) is 0.579. The maximum absolute atomic E-state index is 11.6. The zero-order valence-electron chi connectivity index (χ0n) is 17.1. The van der Waals surface area contributed by atoms with E-state index in [0.29, 0.717) is 25.6 Å². The van der Waals surface area contributed by atoms with Crippen molar-refractivity contribution < 1.29 is 19.0 Å². The van der Waals surface area contributed by atoms with Crippen molar-refractivity contribution in [3.8, 4) is 11.5 Å². The Hall–Kier alpha value is -2.64. The van der Waals surface area contributed by atoms with Crippen molar-refractivity contribution in [1.29, 1.82) is 0 Å². The summed E-state index contributed by atoms with van der Waals surface area (Å²) in [6, 6.07) is 5.72. The average molecular weight is 380 g/mol. The lowest BCUT2D eigenvalue weighted by Crippen LogP contribution is -2.43. The highest BCUT2D eigenvalue weighted by atomic mass is 16.6. The standard InChI is InChI=1S/C19H32N4O4/c1-19(2,3)27-18(24)23-12-11-22-17(20-4)21-10-9-14-13-15(25-5)7-8-16(14)26-6/h7-8,13H,9-12H2,1-6H3,(H,23,24)(H2,20,21,22). The number of rotatable bonds is 8. The molecule has 0 aromatic heterocycles. The Labute approximate surface area is 161 Å². The van der Waals surface area contributed by atoms with Gasteiger partial charge in [-0.25, -0.2) is 4.79 Å². The Bertz CT molecular complexity index is 627. The van der Waals surface area contributed by atoms with Gasteiger partial charge in [0.05, 0.1) is 14.2 Å². The first-order valence-electron chi connectivity index (χ1n) is 8.91. The molecule has 152 valence electrons. The molecule has 1 aromatic carbocycles. The fourth-order valence-corrected chi connectivity index (χ4v) is 2.27. The van der Waals surface area contributed by atoms with Crippen LogP contribution in [0, 0.1) is 0 Å². The summed E-state index contributed by atoms with van der Waals surface area (Å²) in [4.78, 5) is 15.8. The molecule has 1 aromatic rings. The van der Waals surface area contributed by atoms with Gasteiger partial charge in [0.1, 0.15) is 17.1 Å². The monoisotopic (exact) mass is 380 g/mol. The van der Waals surface area contributed by atoms with Gasteiger partial charge in [0, 0.05) is 26.7 Å². The van der Waals surface area contributed by atoms with E-state index in [9.17, 15) is 4.79 Å². The van der Waals surface area contributed by atoms with Crippen LogP contribution in [0.3, 0.4) is 0 Å². The molecule has 0 aliphatic carbocycles. The summed E-state index contributed by atoms with van der Waals surface area (Å²) in [6.45, 7) is 7.11. The molecule has 0 fully saturated rings. The number of carbonyl (C=O) groups is 1. The number of aliphatic imine (C=N–C) groups is 1. The van der Waals surface area contributed by atoms with Gasteiger partial charge in [-0.2, -0.15) is 0 Å². The Kier molecular flexibility index (Phi) is 9.25. The van der Waals surface area contributed by atoms with Gasteiger partial charge in [0.15, 0.2) is 5.96 Å². The molecule has 0 spiro atoms. The summed E-state index contributed by atoms with van der Waals surface area (Å²) in [7, 11) is 4.99. The molecule has 0 aliphatic rings. The molecule has 0 saturated heterocycles. The second-order valence-corrected chi connectivity index (χ2v) is 6.78. The molecule has 8 heteroatoms. The second kappa shape index (κ2) is 11.2. The van der Waals surface area contributed by atoms with Crippen LogP contribution in [-0.2, 0) is 11.2 Å². The minimum atomic E-state index is -0.504. The highest BCUT2D eigenvalue weighted by molar-refractivity contribution is 5.79. The Balaban J connectivity index is 2.36. The summed E-state index contributed by atoms with van der Waals surface area (Å²) < 4.78 is 15.8. The minimum absolute atomic E-state index is 0.430. The Morgan fingerprint density at radius 3 is 2.30 bits per heavy atom. The van der Waals surface area contributed by atoms with Crippen LogP contribution < -0.4 is 25.4 Å². The molecule has 1 rings (SSSR count). The second-order valence-electron chi connectivity index (χ2n) is 6.78. The first-order valence-corrected chi connectivity index (χ1v) is 8.91. The van der Waals surface area contributed by atoms with Gasteiger partial charge in [-0.15, -0.1) is 0 Å². The van der Waals surface area contributed by atoms with Gasteiger partial charge in [0.25, 0.3) is 0 Å². The third-order valence-electron chi connectivity index (χ3n) is 3.48. The number of benzene rings is 1. The summed E-state index contributed by atoms with van der Waals surface area (Å²) in [5, 5.41) is 9.06. The van der Waals surface area contributed by atoms with E-state index in [1.165, 1.54) is 0 Å². The van der Waals surface area contributed by atoms with E-state index in [1.807, 2.05) is 39.0 Å².